The number of hydrogen-bond acceptors (Lipinski definition) is 4. The molecule has 1 rings (SSSR count). The van der Waals surface area contributed by atoms with Crippen LogP contribution < -0.4 is 29.6 Å². The molecule has 0 atom stereocenters. The molecule has 5 nitrogen and oxygen atoms in total. The summed E-state index contributed by atoms with van der Waals surface area (Å²) in [5.41, 5.74) is 0. The third kappa shape index (κ3) is 3.84. The van der Waals surface area contributed by atoms with Gasteiger partial charge in [0, 0.05) is 13.1 Å². The Labute approximate surface area is 87.9 Å². The molecule has 0 N–H and O–H groups in total. The van der Waals surface area contributed by atoms with Crippen LogP contribution in [0.5, 0.6) is 0 Å². The van der Waals surface area contributed by atoms with Crippen molar-refractivity contribution in [3.05, 3.63) is 0 Å². The van der Waals surface area contributed by atoms with Crippen LogP contribution in [0.25, 0.3) is 0 Å². The molecule has 0 saturated carbocycles. The van der Waals surface area contributed by atoms with Gasteiger partial charge in [-0.3, -0.25) is 0 Å². The Morgan fingerprint density at radius 1 is 1.27 bits per heavy atom. The van der Waals surface area contributed by atoms with Crippen molar-refractivity contribution in [1.82, 2.24) is 4.31 Å². The molecule has 1 aliphatic rings. The van der Waals surface area contributed by atoms with Crippen LogP contribution in [0, 0.1) is 0 Å². The van der Waals surface area contributed by atoms with E-state index in [2.05, 4.69) is 0 Å². The standard InChI is InChI=1S/C4H9NO4S.Na/c6-10(7,8)5-1-3-9-4-2-5;/h1-4H2,(H,6,7,8);/q;+1/p-1. The van der Waals surface area contributed by atoms with Gasteiger partial charge >= 0.3 is 29.6 Å². The van der Waals surface area contributed by atoms with Crippen molar-refractivity contribution in [2.24, 2.45) is 0 Å². The Kier molecular flexibility index (Phi) is 5.12. The van der Waals surface area contributed by atoms with E-state index in [1.165, 1.54) is 0 Å². The van der Waals surface area contributed by atoms with E-state index < -0.39 is 10.3 Å². The minimum atomic E-state index is -4.22. The number of rotatable bonds is 1. The Morgan fingerprint density at radius 2 is 1.73 bits per heavy atom. The van der Waals surface area contributed by atoms with Crippen LogP contribution in [0.1, 0.15) is 0 Å². The van der Waals surface area contributed by atoms with Crippen LogP contribution in [-0.4, -0.2) is 43.6 Å². The summed E-state index contributed by atoms with van der Waals surface area (Å²) in [6.07, 6.45) is 0. The third-order valence-corrected chi connectivity index (χ3v) is 2.28. The first-order valence-corrected chi connectivity index (χ1v) is 4.26. The predicted octanol–water partition coefficient (Wildman–Crippen LogP) is -4.22. The van der Waals surface area contributed by atoms with E-state index in [0.717, 1.165) is 4.31 Å². The topological polar surface area (TPSA) is 69.7 Å². The Bertz CT molecular complexity index is 198. The van der Waals surface area contributed by atoms with E-state index in [0.29, 0.717) is 13.2 Å². The minimum Gasteiger partial charge on any atom is -0.735 e. The first kappa shape index (κ1) is 11.8. The monoisotopic (exact) mass is 189 g/mol. The zero-order chi connectivity index (χ0) is 7.61. The second-order valence-electron chi connectivity index (χ2n) is 1.97. The molecule has 0 bridgehead atoms. The summed E-state index contributed by atoms with van der Waals surface area (Å²) in [6.45, 7) is 1.01. The number of nitrogens with zero attached hydrogens (tertiary/aromatic N) is 1. The molecule has 1 fully saturated rings. The summed E-state index contributed by atoms with van der Waals surface area (Å²) >= 11 is 0. The Balaban J connectivity index is 0.000001000. The van der Waals surface area contributed by atoms with E-state index >= 15 is 0 Å². The molecule has 0 aliphatic carbocycles. The van der Waals surface area contributed by atoms with Crippen molar-refractivity contribution in [3.8, 4) is 0 Å². The maximum Gasteiger partial charge on any atom is 1.00 e. The Morgan fingerprint density at radius 3 is 2.00 bits per heavy atom. The smallest absolute Gasteiger partial charge is 0.735 e. The van der Waals surface area contributed by atoms with Gasteiger partial charge in [-0.25, -0.2) is 12.7 Å². The molecule has 7 heteroatoms. The maximum absolute atomic E-state index is 10.3. The first-order chi connectivity index (χ1) is 4.61. The molecule has 0 spiro atoms. The summed E-state index contributed by atoms with van der Waals surface area (Å²) in [5.74, 6) is 0. The van der Waals surface area contributed by atoms with Gasteiger partial charge in [0.05, 0.1) is 13.2 Å². The summed E-state index contributed by atoms with van der Waals surface area (Å²) in [7, 11) is -4.22. The largest absolute Gasteiger partial charge is 1.00 e. The number of ether oxygens (including phenoxy) is 1. The molecule has 0 amide bonds. The first-order valence-electron chi connectivity index (χ1n) is 2.89. The molecule has 0 aromatic rings. The molecule has 60 valence electrons. The fourth-order valence-electron chi connectivity index (χ4n) is 0.770. The number of morpholine rings is 1. The molecule has 0 aromatic heterocycles. The van der Waals surface area contributed by atoms with Crippen LogP contribution in [0.4, 0.5) is 0 Å². The summed E-state index contributed by atoms with van der Waals surface area (Å²) < 4.78 is 36.6. The maximum atomic E-state index is 10.3. The van der Waals surface area contributed by atoms with Gasteiger partial charge in [-0.15, -0.1) is 0 Å². The van der Waals surface area contributed by atoms with E-state index in [9.17, 15) is 13.0 Å². The third-order valence-electron chi connectivity index (χ3n) is 1.29. The van der Waals surface area contributed by atoms with E-state index in [1.54, 1.807) is 0 Å². The van der Waals surface area contributed by atoms with E-state index in [4.69, 9.17) is 4.74 Å². The van der Waals surface area contributed by atoms with E-state index in [1.807, 2.05) is 0 Å². The van der Waals surface area contributed by atoms with Gasteiger partial charge in [-0.2, -0.15) is 0 Å². The van der Waals surface area contributed by atoms with Crippen LogP contribution >= 0.6 is 0 Å². The van der Waals surface area contributed by atoms with Crippen molar-refractivity contribution in [2.45, 2.75) is 0 Å². The van der Waals surface area contributed by atoms with E-state index in [-0.39, 0.29) is 42.6 Å². The number of hydrogen-bond donors (Lipinski definition) is 0. The predicted molar refractivity (Wildman–Crippen MR) is 32.1 cm³/mol. The molecular formula is C4H8NNaO4S. The SMILES string of the molecule is O=S(=O)([O-])N1CCOCC1.[Na+]. The van der Waals surface area contributed by atoms with Crippen molar-refractivity contribution >= 4 is 10.3 Å². The molecular weight excluding hydrogens is 181 g/mol. The van der Waals surface area contributed by atoms with Gasteiger partial charge in [-0.1, -0.05) is 0 Å². The van der Waals surface area contributed by atoms with Crippen LogP contribution in [-0.2, 0) is 15.0 Å². The summed E-state index contributed by atoms with van der Waals surface area (Å²) in [6, 6.07) is 0. The normalized spacial score (nSPS) is 20.8. The Hall–Kier alpha value is 0.830. The van der Waals surface area contributed by atoms with Gasteiger partial charge in [-0.05, 0) is 0 Å². The quantitative estimate of drug-likeness (QED) is 0.309. The van der Waals surface area contributed by atoms with Gasteiger partial charge in [0.2, 0.25) is 0 Å². The average molecular weight is 189 g/mol. The molecule has 0 unspecified atom stereocenters. The van der Waals surface area contributed by atoms with Crippen molar-refractivity contribution in [3.63, 3.8) is 0 Å². The summed E-state index contributed by atoms with van der Waals surface area (Å²) in [5, 5.41) is 0. The second kappa shape index (κ2) is 4.76. The average Bonchev–Trinajstić information content (AvgIpc) is 1.88. The molecule has 1 heterocycles. The van der Waals surface area contributed by atoms with Crippen molar-refractivity contribution < 1.29 is 47.3 Å². The van der Waals surface area contributed by atoms with Gasteiger partial charge < -0.3 is 9.29 Å². The minimum absolute atomic E-state index is 0. The fourth-order valence-corrected chi connectivity index (χ4v) is 1.37. The van der Waals surface area contributed by atoms with Crippen LogP contribution in [0.3, 0.4) is 0 Å². The molecule has 1 aliphatic heterocycles. The zero-order valence-corrected chi connectivity index (χ0v) is 9.13. The van der Waals surface area contributed by atoms with Crippen molar-refractivity contribution in [1.29, 1.82) is 0 Å². The fraction of sp³-hybridized carbons (Fsp3) is 1.00. The van der Waals surface area contributed by atoms with Crippen LogP contribution in [0.2, 0.25) is 0 Å². The second-order valence-corrected chi connectivity index (χ2v) is 3.34. The van der Waals surface area contributed by atoms with Gasteiger partial charge in [0.15, 0.2) is 10.3 Å². The zero-order valence-electron chi connectivity index (χ0n) is 6.32. The van der Waals surface area contributed by atoms with Gasteiger partial charge in [0.25, 0.3) is 0 Å². The van der Waals surface area contributed by atoms with Gasteiger partial charge in [0.1, 0.15) is 0 Å². The van der Waals surface area contributed by atoms with Crippen molar-refractivity contribution in [2.75, 3.05) is 26.3 Å². The molecule has 0 radical (unpaired) electrons. The van der Waals surface area contributed by atoms with Crippen LogP contribution in [0.15, 0.2) is 0 Å². The molecule has 11 heavy (non-hydrogen) atoms. The summed E-state index contributed by atoms with van der Waals surface area (Å²) in [4.78, 5) is 0. The molecule has 1 saturated heterocycles. The molecule has 0 aromatic carbocycles.